The maximum Gasteiger partial charge on any atom is 0.346 e. The molecule has 0 unspecified atom stereocenters. The van der Waals surface area contributed by atoms with E-state index >= 15 is 0 Å². The van der Waals surface area contributed by atoms with Gasteiger partial charge in [-0.3, -0.25) is 0 Å². The average molecular weight is 339 g/mol. The average Bonchev–Trinajstić information content (AvgIpc) is 2.41. The summed E-state index contributed by atoms with van der Waals surface area (Å²) in [6, 6.07) is 10.9. The highest BCUT2D eigenvalue weighted by molar-refractivity contribution is 9.10. The summed E-state index contributed by atoms with van der Waals surface area (Å²) in [5.41, 5.74) is -0.125. The topological polar surface area (TPSA) is 35.5 Å². The molecular weight excluding hydrogens is 327 g/mol. The Bertz CT molecular complexity index is 628. The summed E-state index contributed by atoms with van der Waals surface area (Å²) >= 11 is 3.13. The Kier molecular flexibility index (Phi) is 4.74. The Balaban J connectivity index is 2.23. The molecule has 0 atom stereocenters. The summed E-state index contributed by atoms with van der Waals surface area (Å²) in [7, 11) is 0. The molecule has 0 N–H and O–H groups in total. The van der Waals surface area contributed by atoms with E-state index in [2.05, 4.69) is 15.9 Å². The van der Waals surface area contributed by atoms with E-state index in [1.807, 2.05) is 6.92 Å². The monoisotopic (exact) mass is 338 g/mol. The van der Waals surface area contributed by atoms with Gasteiger partial charge in [0.05, 0.1) is 12.2 Å². The number of benzene rings is 2. The molecule has 0 heterocycles. The number of carbonyl (C=O) groups excluding carboxylic acids is 1. The molecule has 5 heteroatoms. The van der Waals surface area contributed by atoms with Crippen LogP contribution in [0.4, 0.5) is 4.39 Å². The summed E-state index contributed by atoms with van der Waals surface area (Å²) in [6.07, 6.45) is 0. The van der Waals surface area contributed by atoms with Crippen molar-refractivity contribution in [3.8, 4) is 11.5 Å². The molecule has 2 aromatic rings. The van der Waals surface area contributed by atoms with Crippen LogP contribution in [0, 0.1) is 5.82 Å². The number of halogens is 2. The minimum atomic E-state index is -0.762. The molecule has 0 spiro atoms. The molecule has 0 aliphatic carbocycles. The first kappa shape index (κ1) is 14.5. The van der Waals surface area contributed by atoms with Crippen LogP contribution in [0.15, 0.2) is 46.9 Å². The molecule has 0 aromatic heterocycles. The zero-order valence-corrected chi connectivity index (χ0v) is 12.3. The second-order valence-electron chi connectivity index (χ2n) is 3.89. The van der Waals surface area contributed by atoms with Gasteiger partial charge in [-0.2, -0.15) is 0 Å². The van der Waals surface area contributed by atoms with Gasteiger partial charge in [0, 0.05) is 4.47 Å². The van der Waals surface area contributed by atoms with E-state index in [1.54, 1.807) is 30.3 Å². The molecule has 104 valence electrons. The number of para-hydroxylation sites is 2. The fourth-order valence-corrected chi connectivity index (χ4v) is 1.95. The maximum absolute atomic E-state index is 13.7. The van der Waals surface area contributed by atoms with Gasteiger partial charge in [0.2, 0.25) is 0 Å². The normalized spacial score (nSPS) is 10.2. The van der Waals surface area contributed by atoms with Crippen LogP contribution in [0.2, 0.25) is 0 Å². The minimum absolute atomic E-state index is 0.125. The second kappa shape index (κ2) is 6.52. The van der Waals surface area contributed by atoms with E-state index < -0.39 is 11.8 Å². The zero-order valence-electron chi connectivity index (χ0n) is 10.7. The highest BCUT2D eigenvalue weighted by atomic mass is 79.9. The van der Waals surface area contributed by atoms with Gasteiger partial charge in [-0.25, -0.2) is 9.18 Å². The molecule has 3 nitrogen and oxygen atoms in total. The maximum atomic E-state index is 13.7. The standard InChI is InChI=1S/C15H12BrFO3/c1-2-19-13-5-3-4-6-14(13)20-15(18)11-8-7-10(16)9-12(11)17/h3-9H,2H2,1H3. The van der Waals surface area contributed by atoms with E-state index in [1.165, 1.54) is 12.1 Å². The quantitative estimate of drug-likeness (QED) is 0.618. The SMILES string of the molecule is CCOc1ccccc1OC(=O)c1ccc(Br)cc1F. The van der Waals surface area contributed by atoms with Crippen molar-refractivity contribution in [2.24, 2.45) is 0 Å². The predicted octanol–water partition coefficient (Wildman–Crippen LogP) is 4.21. The van der Waals surface area contributed by atoms with E-state index in [0.29, 0.717) is 16.8 Å². The number of hydrogen-bond donors (Lipinski definition) is 0. The van der Waals surface area contributed by atoms with Gasteiger partial charge >= 0.3 is 5.97 Å². The largest absolute Gasteiger partial charge is 0.490 e. The predicted molar refractivity (Wildman–Crippen MR) is 76.7 cm³/mol. The fourth-order valence-electron chi connectivity index (χ4n) is 1.62. The highest BCUT2D eigenvalue weighted by Crippen LogP contribution is 2.27. The van der Waals surface area contributed by atoms with Gasteiger partial charge in [-0.15, -0.1) is 0 Å². The second-order valence-corrected chi connectivity index (χ2v) is 4.81. The smallest absolute Gasteiger partial charge is 0.346 e. The van der Waals surface area contributed by atoms with E-state index in [4.69, 9.17) is 9.47 Å². The Morgan fingerprint density at radius 2 is 1.90 bits per heavy atom. The van der Waals surface area contributed by atoms with Crippen LogP contribution in [0.25, 0.3) is 0 Å². The third-order valence-corrected chi connectivity index (χ3v) is 3.00. The van der Waals surface area contributed by atoms with Crippen LogP contribution < -0.4 is 9.47 Å². The van der Waals surface area contributed by atoms with Gasteiger partial charge in [0.25, 0.3) is 0 Å². The third kappa shape index (κ3) is 3.36. The summed E-state index contributed by atoms with van der Waals surface area (Å²) in [5, 5.41) is 0. The van der Waals surface area contributed by atoms with E-state index in [0.717, 1.165) is 0 Å². The summed E-state index contributed by atoms with van der Waals surface area (Å²) in [6.45, 7) is 2.27. The molecule has 0 saturated heterocycles. The lowest BCUT2D eigenvalue weighted by molar-refractivity contribution is 0.0723. The first-order valence-corrected chi connectivity index (χ1v) is 6.80. The van der Waals surface area contributed by atoms with Crippen molar-refractivity contribution in [1.29, 1.82) is 0 Å². The van der Waals surface area contributed by atoms with Crippen LogP contribution in [0.3, 0.4) is 0 Å². The van der Waals surface area contributed by atoms with Crippen molar-refractivity contribution in [1.82, 2.24) is 0 Å². The number of hydrogen-bond acceptors (Lipinski definition) is 3. The number of rotatable bonds is 4. The van der Waals surface area contributed by atoms with E-state index in [9.17, 15) is 9.18 Å². The van der Waals surface area contributed by atoms with Crippen molar-refractivity contribution >= 4 is 21.9 Å². The highest BCUT2D eigenvalue weighted by Gasteiger charge is 2.16. The van der Waals surface area contributed by atoms with Crippen molar-refractivity contribution in [3.63, 3.8) is 0 Å². The summed E-state index contributed by atoms with van der Waals surface area (Å²) in [5.74, 6) is -0.692. The lowest BCUT2D eigenvalue weighted by atomic mass is 10.2. The van der Waals surface area contributed by atoms with Crippen LogP contribution in [-0.2, 0) is 0 Å². The Labute approximate surface area is 124 Å². The molecule has 20 heavy (non-hydrogen) atoms. The molecule has 0 aliphatic heterocycles. The van der Waals surface area contributed by atoms with Crippen LogP contribution >= 0.6 is 15.9 Å². The van der Waals surface area contributed by atoms with Gasteiger partial charge in [0.15, 0.2) is 11.5 Å². The summed E-state index contributed by atoms with van der Waals surface area (Å²) < 4.78 is 24.8. The van der Waals surface area contributed by atoms with Crippen LogP contribution in [0.1, 0.15) is 17.3 Å². The van der Waals surface area contributed by atoms with Crippen molar-refractivity contribution in [2.45, 2.75) is 6.92 Å². The number of carbonyl (C=O) groups is 1. The van der Waals surface area contributed by atoms with Gasteiger partial charge in [-0.05, 0) is 37.3 Å². The van der Waals surface area contributed by atoms with Crippen LogP contribution in [0.5, 0.6) is 11.5 Å². The summed E-state index contributed by atoms with van der Waals surface area (Å²) in [4.78, 5) is 12.0. The van der Waals surface area contributed by atoms with E-state index in [-0.39, 0.29) is 11.3 Å². The molecule has 0 aliphatic rings. The van der Waals surface area contributed by atoms with Gasteiger partial charge in [-0.1, -0.05) is 28.1 Å². The van der Waals surface area contributed by atoms with Crippen LogP contribution in [-0.4, -0.2) is 12.6 Å². The molecule has 2 rings (SSSR count). The lowest BCUT2D eigenvalue weighted by Crippen LogP contribution is -2.11. The molecular formula is C15H12BrFO3. The Morgan fingerprint density at radius 3 is 2.55 bits per heavy atom. The molecule has 2 aromatic carbocycles. The molecule has 0 bridgehead atoms. The fraction of sp³-hybridized carbons (Fsp3) is 0.133. The number of ether oxygens (including phenoxy) is 2. The molecule has 0 radical (unpaired) electrons. The molecule has 0 fully saturated rings. The van der Waals surface area contributed by atoms with Crippen molar-refractivity contribution in [2.75, 3.05) is 6.61 Å². The molecule has 0 amide bonds. The first-order chi connectivity index (χ1) is 9.61. The third-order valence-electron chi connectivity index (χ3n) is 2.50. The first-order valence-electron chi connectivity index (χ1n) is 6.01. The minimum Gasteiger partial charge on any atom is -0.490 e. The van der Waals surface area contributed by atoms with Gasteiger partial charge < -0.3 is 9.47 Å². The lowest BCUT2D eigenvalue weighted by Gasteiger charge is -2.10. The number of esters is 1. The molecule has 0 saturated carbocycles. The Hall–Kier alpha value is -1.88. The van der Waals surface area contributed by atoms with Crippen molar-refractivity contribution in [3.05, 3.63) is 58.3 Å². The van der Waals surface area contributed by atoms with Gasteiger partial charge in [0.1, 0.15) is 5.82 Å². The Morgan fingerprint density at radius 1 is 1.20 bits per heavy atom. The zero-order chi connectivity index (χ0) is 14.5. The van der Waals surface area contributed by atoms with Crippen molar-refractivity contribution < 1.29 is 18.7 Å².